The molecule has 1 aromatic heterocycles. The Balaban J connectivity index is 2.57. The standard InChI is InChI=1S/C7H7F2S/c1-7(8,9)5-6-3-2-4-10-6/h2-4H,1,5H2. The van der Waals surface area contributed by atoms with Crippen molar-refractivity contribution in [2.24, 2.45) is 0 Å². The van der Waals surface area contributed by atoms with Crippen LogP contribution in [0.15, 0.2) is 17.5 Å². The molecule has 0 unspecified atom stereocenters. The predicted octanol–water partition coefficient (Wildman–Crippen LogP) is 2.76. The van der Waals surface area contributed by atoms with Crippen LogP contribution in [0.5, 0.6) is 0 Å². The van der Waals surface area contributed by atoms with Crippen LogP contribution in [0, 0.1) is 6.92 Å². The van der Waals surface area contributed by atoms with Crippen LogP contribution in [0.25, 0.3) is 0 Å². The Bertz CT molecular complexity index is 186. The van der Waals surface area contributed by atoms with Crippen LogP contribution in [0.1, 0.15) is 4.88 Å². The molecule has 10 heavy (non-hydrogen) atoms. The van der Waals surface area contributed by atoms with E-state index in [1.807, 2.05) is 0 Å². The predicted molar refractivity (Wildman–Crippen MR) is 38.3 cm³/mol. The summed E-state index contributed by atoms with van der Waals surface area (Å²) in [6, 6.07) is 3.44. The fourth-order valence-electron chi connectivity index (χ4n) is 0.668. The lowest BCUT2D eigenvalue weighted by molar-refractivity contribution is 0.0534. The molecule has 0 saturated carbocycles. The summed E-state index contributed by atoms with van der Waals surface area (Å²) in [4.78, 5) is 0.681. The second-order valence-electron chi connectivity index (χ2n) is 2.11. The Kier molecular flexibility index (Phi) is 2.04. The molecule has 1 aromatic rings. The minimum Gasteiger partial charge on any atom is -0.206 e. The first kappa shape index (κ1) is 7.66. The average Bonchev–Trinajstić information content (AvgIpc) is 2.12. The number of hydrogen-bond acceptors (Lipinski definition) is 1. The van der Waals surface area contributed by atoms with E-state index in [0.29, 0.717) is 4.88 Å². The van der Waals surface area contributed by atoms with Gasteiger partial charge in [-0.3, -0.25) is 0 Å². The van der Waals surface area contributed by atoms with E-state index >= 15 is 0 Å². The number of rotatable bonds is 2. The fourth-order valence-corrected chi connectivity index (χ4v) is 1.45. The lowest BCUT2D eigenvalue weighted by Crippen LogP contribution is -2.12. The Morgan fingerprint density at radius 1 is 1.60 bits per heavy atom. The van der Waals surface area contributed by atoms with Gasteiger partial charge in [0.25, 0.3) is 5.92 Å². The average molecular weight is 161 g/mol. The van der Waals surface area contributed by atoms with Crippen LogP contribution in [0.3, 0.4) is 0 Å². The number of hydrogen-bond donors (Lipinski definition) is 0. The van der Waals surface area contributed by atoms with E-state index in [1.54, 1.807) is 17.5 Å². The zero-order chi connectivity index (χ0) is 7.61. The largest absolute Gasteiger partial charge is 0.253 e. The van der Waals surface area contributed by atoms with E-state index < -0.39 is 5.92 Å². The minimum absolute atomic E-state index is 0.245. The van der Waals surface area contributed by atoms with Crippen molar-refractivity contribution in [1.82, 2.24) is 0 Å². The third-order valence-corrected chi connectivity index (χ3v) is 1.89. The van der Waals surface area contributed by atoms with Crippen molar-refractivity contribution in [2.45, 2.75) is 12.3 Å². The zero-order valence-electron chi connectivity index (χ0n) is 5.31. The molecule has 3 heteroatoms. The molecule has 0 bridgehead atoms. The molecule has 55 valence electrons. The van der Waals surface area contributed by atoms with Gasteiger partial charge < -0.3 is 0 Å². The van der Waals surface area contributed by atoms with Gasteiger partial charge in [-0.2, -0.15) is 0 Å². The smallest absolute Gasteiger partial charge is 0.206 e. The third kappa shape index (κ3) is 2.43. The molecular weight excluding hydrogens is 154 g/mol. The second-order valence-corrected chi connectivity index (χ2v) is 3.14. The summed E-state index contributed by atoms with van der Waals surface area (Å²) < 4.78 is 24.4. The summed E-state index contributed by atoms with van der Waals surface area (Å²) in [6.45, 7) is 2.72. The van der Waals surface area contributed by atoms with E-state index in [9.17, 15) is 8.78 Å². The van der Waals surface area contributed by atoms with Crippen LogP contribution < -0.4 is 0 Å². The molecule has 1 rings (SSSR count). The molecule has 0 fully saturated rings. The maximum atomic E-state index is 12.2. The molecule has 0 aliphatic heterocycles. The summed E-state index contributed by atoms with van der Waals surface area (Å²) >= 11 is 1.33. The number of thiophene rings is 1. The summed E-state index contributed by atoms with van der Waals surface area (Å²) in [5, 5.41) is 1.78. The highest BCUT2D eigenvalue weighted by Gasteiger charge is 2.21. The van der Waals surface area contributed by atoms with Crippen molar-refractivity contribution in [1.29, 1.82) is 0 Å². The van der Waals surface area contributed by atoms with Crippen LogP contribution in [-0.2, 0) is 6.42 Å². The van der Waals surface area contributed by atoms with Crippen molar-refractivity contribution in [3.05, 3.63) is 29.3 Å². The maximum Gasteiger partial charge on any atom is 0.253 e. The molecule has 0 saturated heterocycles. The molecule has 0 spiro atoms. The first-order valence-corrected chi connectivity index (χ1v) is 3.71. The Labute approximate surface area is 62.5 Å². The van der Waals surface area contributed by atoms with E-state index in [0.717, 1.165) is 0 Å². The molecule has 0 nitrogen and oxygen atoms in total. The van der Waals surface area contributed by atoms with Gasteiger partial charge in [0.05, 0.1) is 0 Å². The molecule has 1 radical (unpaired) electrons. The van der Waals surface area contributed by atoms with Crippen molar-refractivity contribution >= 4 is 11.3 Å². The van der Waals surface area contributed by atoms with Crippen molar-refractivity contribution < 1.29 is 8.78 Å². The van der Waals surface area contributed by atoms with Crippen LogP contribution >= 0.6 is 11.3 Å². The lowest BCUT2D eigenvalue weighted by Gasteiger charge is -2.06. The Morgan fingerprint density at radius 3 is 2.70 bits per heavy atom. The zero-order valence-corrected chi connectivity index (χ0v) is 6.13. The van der Waals surface area contributed by atoms with E-state index in [1.165, 1.54) is 11.3 Å². The van der Waals surface area contributed by atoms with Gasteiger partial charge in [-0.05, 0) is 11.4 Å². The first-order valence-electron chi connectivity index (χ1n) is 2.83. The molecule has 0 N–H and O–H groups in total. The highest BCUT2D eigenvalue weighted by atomic mass is 32.1. The van der Waals surface area contributed by atoms with Gasteiger partial charge in [0, 0.05) is 18.2 Å². The normalized spacial score (nSPS) is 11.9. The molecule has 0 amide bonds. The van der Waals surface area contributed by atoms with Gasteiger partial charge in [-0.1, -0.05) is 6.07 Å². The quantitative estimate of drug-likeness (QED) is 0.625. The number of halogens is 2. The van der Waals surface area contributed by atoms with Crippen molar-refractivity contribution in [3.63, 3.8) is 0 Å². The lowest BCUT2D eigenvalue weighted by atomic mass is 10.2. The van der Waals surface area contributed by atoms with Crippen LogP contribution in [0.2, 0.25) is 0 Å². The van der Waals surface area contributed by atoms with Gasteiger partial charge in [0.1, 0.15) is 0 Å². The summed E-state index contributed by atoms with van der Waals surface area (Å²) in [7, 11) is 0. The molecular formula is C7H7F2S. The Hall–Kier alpha value is -0.440. The van der Waals surface area contributed by atoms with E-state index in [-0.39, 0.29) is 6.42 Å². The van der Waals surface area contributed by atoms with E-state index in [2.05, 4.69) is 6.92 Å². The molecule has 1 heterocycles. The van der Waals surface area contributed by atoms with Gasteiger partial charge in [-0.25, -0.2) is 8.78 Å². The van der Waals surface area contributed by atoms with Gasteiger partial charge >= 0.3 is 0 Å². The summed E-state index contributed by atoms with van der Waals surface area (Å²) in [5.41, 5.74) is 0. The second kappa shape index (κ2) is 2.66. The monoisotopic (exact) mass is 161 g/mol. The Morgan fingerprint density at radius 2 is 2.30 bits per heavy atom. The molecule has 0 aliphatic carbocycles. The molecule has 0 aromatic carbocycles. The van der Waals surface area contributed by atoms with Gasteiger partial charge in [-0.15, -0.1) is 11.3 Å². The highest BCUT2D eigenvalue weighted by Crippen LogP contribution is 2.21. The third-order valence-electron chi connectivity index (χ3n) is 1.01. The SMILES string of the molecule is [CH2]C(F)(F)Cc1cccs1. The van der Waals surface area contributed by atoms with Crippen LogP contribution in [-0.4, -0.2) is 5.92 Å². The minimum atomic E-state index is -2.81. The number of alkyl halides is 2. The molecule has 0 atom stereocenters. The fraction of sp³-hybridized carbons (Fsp3) is 0.286. The highest BCUT2D eigenvalue weighted by molar-refractivity contribution is 7.09. The van der Waals surface area contributed by atoms with E-state index in [4.69, 9.17) is 0 Å². The van der Waals surface area contributed by atoms with Crippen molar-refractivity contribution in [3.8, 4) is 0 Å². The topological polar surface area (TPSA) is 0 Å². The van der Waals surface area contributed by atoms with Gasteiger partial charge in [0.15, 0.2) is 0 Å². The maximum absolute atomic E-state index is 12.2. The van der Waals surface area contributed by atoms with Gasteiger partial charge in [0.2, 0.25) is 0 Å². The van der Waals surface area contributed by atoms with Crippen LogP contribution in [0.4, 0.5) is 8.78 Å². The first-order chi connectivity index (χ1) is 4.58. The summed E-state index contributed by atoms with van der Waals surface area (Å²) in [5.74, 6) is -2.81. The summed E-state index contributed by atoms with van der Waals surface area (Å²) in [6.07, 6.45) is -0.245. The molecule has 0 aliphatic rings. The van der Waals surface area contributed by atoms with Crippen molar-refractivity contribution in [2.75, 3.05) is 0 Å².